The highest BCUT2D eigenvalue weighted by Crippen LogP contribution is 2.37. The summed E-state index contributed by atoms with van der Waals surface area (Å²) in [5, 5.41) is 17.4. The fourth-order valence-electron chi connectivity index (χ4n) is 3.53. The summed E-state index contributed by atoms with van der Waals surface area (Å²) in [5.74, 6) is -0.891. The van der Waals surface area contributed by atoms with Crippen molar-refractivity contribution in [2.24, 2.45) is 0 Å². The summed E-state index contributed by atoms with van der Waals surface area (Å²) in [6.07, 6.45) is -1.84. The summed E-state index contributed by atoms with van der Waals surface area (Å²) in [7, 11) is 0. The first kappa shape index (κ1) is 22.3. The number of hydrogen-bond acceptors (Lipinski definition) is 6. The third-order valence-electron chi connectivity index (χ3n) is 5.11. The molecule has 9 nitrogen and oxygen atoms in total. The second-order valence-corrected chi connectivity index (χ2v) is 7.19. The standard InChI is InChI=1S/C21H18F3N5O4/c22-21(23,24)17-13-14(28-7-1-6-25-28)2-4-18(17)26-20(30)16-12-15(29(31)32)3-5-19(16)27-8-10-33-11-9-27/h1-7,12-13H,8-11H2,(H,26,30). The lowest BCUT2D eigenvalue weighted by atomic mass is 10.1. The summed E-state index contributed by atoms with van der Waals surface area (Å²) in [4.78, 5) is 25.4. The molecule has 1 fully saturated rings. The largest absolute Gasteiger partial charge is 0.418 e. The number of anilines is 2. The van der Waals surface area contributed by atoms with Crippen molar-refractivity contribution in [1.82, 2.24) is 9.78 Å². The first-order valence-corrected chi connectivity index (χ1v) is 9.88. The molecule has 172 valence electrons. The van der Waals surface area contributed by atoms with Crippen LogP contribution in [0.1, 0.15) is 15.9 Å². The van der Waals surface area contributed by atoms with E-state index in [1.165, 1.54) is 35.3 Å². The van der Waals surface area contributed by atoms with Crippen LogP contribution in [0, 0.1) is 10.1 Å². The van der Waals surface area contributed by atoms with Crippen molar-refractivity contribution in [2.45, 2.75) is 6.18 Å². The number of nitrogens with zero attached hydrogens (tertiary/aromatic N) is 4. The van der Waals surface area contributed by atoms with Crippen LogP contribution in [0.3, 0.4) is 0 Å². The van der Waals surface area contributed by atoms with Crippen molar-refractivity contribution < 1.29 is 27.6 Å². The zero-order chi connectivity index (χ0) is 23.6. The van der Waals surface area contributed by atoms with E-state index in [4.69, 9.17) is 4.74 Å². The number of morpholine rings is 1. The molecule has 2 heterocycles. The molecule has 0 radical (unpaired) electrons. The van der Waals surface area contributed by atoms with Gasteiger partial charge < -0.3 is 15.0 Å². The number of alkyl halides is 3. The monoisotopic (exact) mass is 461 g/mol. The lowest BCUT2D eigenvalue weighted by Crippen LogP contribution is -2.37. The molecule has 0 saturated carbocycles. The first-order valence-electron chi connectivity index (χ1n) is 9.88. The molecule has 3 aromatic rings. The van der Waals surface area contributed by atoms with Gasteiger partial charge in [-0.25, -0.2) is 4.68 Å². The summed E-state index contributed by atoms with van der Waals surface area (Å²) in [6.45, 7) is 1.66. The van der Waals surface area contributed by atoms with Crippen LogP contribution < -0.4 is 10.2 Å². The van der Waals surface area contributed by atoms with Gasteiger partial charge >= 0.3 is 6.18 Å². The van der Waals surface area contributed by atoms with Gasteiger partial charge in [0.25, 0.3) is 11.6 Å². The van der Waals surface area contributed by atoms with E-state index in [1.807, 2.05) is 0 Å². The van der Waals surface area contributed by atoms with Crippen molar-refractivity contribution in [3.63, 3.8) is 0 Å². The predicted octanol–water partition coefficient (Wildman–Crippen LogP) is 3.89. The van der Waals surface area contributed by atoms with Crippen LogP contribution in [-0.2, 0) is 10.9 Å². The first-order chi connectivity index (χ1) is 15.7. The second-order valence-electron chi connectivity index (χ2n) is 7.19. The van der Waals surface area contributed by atoms with E-state index in [2.05, 4.69) is 10.4 Å². The van der Waals surface area contributed by atoms with E-state index >= 15 is 0 Å². The van der Waals surface area contributed by atoms with E-state index in [1.54, 1.807) is 11.0 Å². The van der Waals surface area contributed by atoms with Gasteiger partial charge in [0.2, 0.25) is 0 Å². The molecule has 0 bridgehead atoms. The number of nitro benzene ring substituents is 1. The fourth-order valence-corrected chi connectivity index (χ4v) is 3.53. The number of nitro groups is 1. The fraction of sp³-hybridized carbons (Fsp3) is 0.238. The van der Waals surface area contributed by atoms with Crippen LogP contribution in [0.5, 0.6) is 0 Å². The molecule has 0 atom stereocenters. The Labute approximate surface area is 185 Å². The molecular weight excluding hydrogens is 443 g/mol. The third-order valence-corrected chi connectivity index (χ3v) is 5.11. The third kappa shape index (κ3) is 4.80. The minimum absolute atomic E-state index is 0.102. The number of carbonyl (C=O) groups excluding carboxylic acids is 1. The van der Waals surface area contributed by atoms with E-state index in [9.17, 15) is 28.1 Å². The average Bonchev–Trinajstić information content (AvgIpc) is 3.34. The minimum atomic E-state index is -4.76. The van der Waals surface area contributed by atoms with Crippen LogP contribution in [-0.4, -0.2) is 46.9 Å². The number of rotatable bonds is 5. The molecule has 1 aliphatic heterocycles. The van der Waals surface area contributed by atoms with Gasteiger partial charge in [-0.05, 0) is 30.3 Å². The Morgan fingerprint density at radius 2 is 1.91 bits per heavy atom. The Hall–Kier alpha value is -3.93. The maximum Gasteiger partial charge on any atom is 0.418 e. The second kappa shape index (κ2) is 8.90. The average molecular weight is 461 g/mol. The molecule has 33 heavy (non-hydrogen) atoms. The van der Waals surface area contributed by atoms with Gasteiger partial charge in [0.05, 0.1) is 46.3 Å². The number of halogens is 3. The van der Waals surface area contributed by atoms with E-state index in [0.717, 1.165) is 18.2 Å². The molecule has 1 saturated heterocycles. The molecule has 0 spiro atoms. The van der Waals surface area contributed by atoms with E-state index < -0.39 is 28.3 Å². The summed E-state index contributed by atoms with van der Waals surface area (Å²) in [5.41, 5.74) is -1.44. The Morgan fingerprint density at radius 1 is 1.15 bits per heavy atom. The number of non-ortho nitro benzene ring substituents is 1. The van der Waals surface area contributed by atoms with Gasteiger partial charge in [0, 0.05) is 37.6 Å². The Morgan fingerprint density at radius 3 is 2.55 bits per heavy atom. The van der Waals surface area contributed by atoms with E-state index in [-0.39, 0.29) is 16.9 Å². The molecule has 0 aliphatic carbocycles. The number of nitrogens with one attached hydrogen (secondary N) is 1. The topological polar surface area (TPSA) is 103 Å². The molecule has 4 rings (SSSR count). The highest BCUT2D eigenvalue weighted by atomic mass is 19.4. The molecule has 0 unspecified atom stereocenters. The highest BCUT2D eigenvalue weighted by molar-refractivity contribution is 6.09. The lowest BCUT2D eigenvalue weighted by molar-refractivity contribution is -0.384. The van der Waals surface area contributed by atoms with Gasteiger partial charge in [-0.2, -0.15) is 18.3 Å². The van der Waals surface area contributed by atoms with Gasteiger partial charge in [-0.3, -0.25) is 14.9 Å². The van der Waals surface area contributed by atoms with Crippen LogP contribution in [0.2, 0.25) is 0 Å². The van der Waals surface area contributed by atoms with Gasteiger partial charge in [0.1, 0.15) is 0 Å². The Bertz CT molecular complexity index is 1180. The SMILES string of the molecule is O=C(Nc1ccc(-n2cccn2)cc1C(F)(F)F)c1cc([N+](=O)[O-])ccc1N1CCOCC1. The van der Waals surface area contributed by atoms with Crippen molar-refractivity contribution >= 4 is 23.0 Å². The van der Waals surface area contributed by atoms with Crippen LogP contribution >= 0.6 is 0 Å². The molecule has 1 amide bonds. The number of amides is 1. The summed E-state index contributed by atoms with van der Waals surface area (Å²) < 4.78 is 47.9. The van der Waals surface area contributed by atoms with Crippen molar-refractivity contribution in [1.29, 1.82) is 0 Å². The zero-order valence-corrected chi connectivity index (χ0v) is 17.1. The molecule has 12 heteroatoms. The molecule has 1 N–H and O–H groups in total. The van der Waals surface area contributed by atoms with Gasteiger partial charge in [0.15, 0.2) is 0 Å². The number of hydrogen-bond donors (Lipinski definition) is 1. The number of carbonyl (C=O) groups is 1. The zero-order valence-electron chi connectivity index (χ0n) is 17.1. The van der Waals surface area contributed by atoms with E-state index in [0.29, 0.717) is 32.0 Å². The minimum Gasteiger partial charge on any atom is -0.378 e. The molecule has 1 aromatic heterocycles. The molecule has 1 aliphatic rings. The maximum absolute atomic E-state index is 13.8. The normalized spacial score (nSPS) is 14.2. The van der Waals surface area contributed by atoms with Crippen LogP contribution in [0.15, 0.2) is 54.9 Å². The Kier molecular flexibility index (Phi) is 6.01. The number of benzene rings is 2. The lowest BCUT2D eigenvalue weighted by Gasteiger charge is -2.30. The summed E-state index contributed by atoms with van der Waals surface area (Å²) >= 11 is 0. The number of aromatic nitrogens is 2. The van der Waals surface area contributed by atoms with Crippen molar-refractivity contribution in [3.8, 4) is 5.69 Å². The molecule has 2 aromatic carbocycles. The highest BCUT2D eigenvalue weighted by Gasteiger charge is 2.35. The summed E-state index contributed by atoms with van der Waals surface area (Å²) in [6, 6.07) is 8.69. The molecular formula is C21H18F3N5O4. The quantitative estimate of drug-likeness (QED) is 0.457. The Balaban J connectivity index is 1.71. The van der Waals surface area contributed by atoms with Crippen molar-refractivity contribution in [3.05, 3.63) is 76.1 Å². The van der Waals surface area contributed by atoms with Crippen LogP contribution in [0.25, 0.3) is 5.69 Å². The predicted molar refractivity (Wildman–Crippen MR) is 113 cm³/mol. The number of ether oxygens (including phenoxy) is 1. The van der Waals surface area contributed by atoms with Crippen LogP contribution in [0.4, 0.5) is 30.2 Å². The van der Waals surface area contributed by atoms with Gasteiger partial charge in [-0.15, -0.1) is 0 Å². The maximum atomic E-state index is 13.8. The smallest absolute Gasteiger partial charge is 0.378 e. The van der Waals surface area contributed by atoms with Gasteiger partial charge in [-0.1, -0.05) is 0 Å². The van der Waals surface area contributed by atoms with Crippen molar-refractivity contribution in [2.75, 3.05) is 36.5 Å².